The highest BCUT2D eigenvalue weighted by Crippen LogP contribution is 2.22. The van der Waals surface area contributed by atoms with Crippen molar-refractivity contribution >= 4 is 11.8 Å². The number of nitrogens with zero attached hydrogens (tertiary/aromatic N) is 2. The van der Waals surface area contributed by atoms with Gasteiger partial charge in [0.05, 0.1) is 5.69 Å². The number of rotatable bonds is 4. The zero-order valence-electron chi connectivity index (χ0n) is 15.0. The number of primary amides is 1. The van der Waals surface area contributed by atoms with E-state index in [9.17, 15) is 14.7 Å². The highest BCUT2D eigenvalue weighted by Gasteiger charge is 2.15. The van der Waals surface area contributed by atoms with Gasteiger partial charge >= 0.3 is 0 Å². The lowest BCUT2D eigenvalue weighted by atomic mass is 10.0. The van der Waals surface area contributed by atoms with Crippen molar-refractivity contribution in [2.24, 2.45) is 5.73 Å². The molecule has 0 saturated heterocycles. The van der Waals surface area contributed by atoms with Gasteiger partial charge in [-0.15, -0.1) is 0 Å². The first-order valence-corrected chi connectivity index (χ1v) is 8.16. The third-order valence-corrected chi connectivity index (χ3v) is 3.92. The molecule has 2 amide bonds. The van der Waals surface area contributed by atoms with Gasteiger partial charge in [0.25, 0.3) is 11.8 Å². The number of likely N-dealkylation sites (N-methyl/N-ethyl adjacent to an activating group) is 1. The number of amides is 2. The first kappa shape index (κ1) is 19.2. The molecule has 6 heteroatoms. The molecule has 0 aliphatic rings. The largest absolute Gasteiger partial charge is 0.372 e. The van der Waals surface area contributed by atoms with E-state index in [4.69, 9.17) is 5.73 Å². The Labute approximate surface area is 152 Å². The molecule has 0 fully saturated rings. The van der Waals surface area contributed by atoms with Crippen LogP contribution in [-0.2, 0) is 4.79 Å². The quantitative estimate of drug-likeness (QED) is 0.813. The number of hydrogen-bond donors (Lipinski definition) is 2. The van der Waals surface area contributed by atoms with Crippen molar-refractivity contribution in [2.45, 2.75) is 20.0 Å². The highest BCUT2D eigenvalue weighted by atomic mass is 16.3. The molecular weight excluding hydrogens is 330 g/mol. The van der Waals surface area contributed by atoms with Gasteiger partial charge in [0.2, 0.25) is 0 Å². The Balaban J connectivity index is 2.33. The number of pyridine rings is 1. The van der Waals surface area contributed by atoms with Crippen molar-refractivity contribution < 1.29 is 14.7 Å². The van der Waals surface area contributed by atoms with E-state index >= 15 is 0 Å². The highest BCUT2D eigenvalue weighted by molar-refractivity contribution is 5.91. The van der Waals surface area contributed by atoms with Gasteiger partial charge < -0.3 is 15.7 Å². The third kappa shape index (κ3) is 4.47. The van der Waals surface area contributed by atoms with E-state index < -0.39 is 17.9 Å². The second-order valence-corrected chi connectivity index (χ2v) is 5.83. The van der Waals surface area contributed by atoms with E-state index in [2.05, 4.69) is 16.8 Å². The Kier molecular flexibility index (Phi) is 6.10. The second kappa shape index (κ2) is 8.28. The molecule has 1 unspecified atom stereocenters. The number of nitrogens with two attached hydrogens (primary N) is 1. The van der Waals surface area contributed by atoms with Crippen LogP contribution in [0.4, 0.5) is 0 Å². The fourth-order valence-corrected chi connectivity index (χ4v) is 2.28. The molecule has 0 radical (unpaired) electrons. The maximum atomic E-state index is 11.8. The van der Waals surface area contributed by atoms with E-state index in [0.29, 0.717) is 17.8 Å². The summed E-state index contributed by atoms with van der Waals surface area (Å²) in [6.07, 6.45) is -1.37. The van der Waals surface area contributed by atoms with Crippen LogP contribution in [0.3, 0.4) is 0 Å². The predicted molar refractivity (Wildman–Crippen MR) is 99.1 cm³/mol. The first-order chi connectivity index (χ1) is 12.3. The molecule has 1 atom stereocenters. The summed E-state index contributed by atoms with van der Waals surface area (Å²) in [7, 11) is 1.61. The Morgan fingerprint density at radius 2 is 2.04 bits per heavy atom. The van der Waals surface area contributed by atoms with Gasteiger partial charge in [0, 0.05) is 24.7 Å². The average molecular weight is 351 g/mol. The average Bonchev–Trinajstić information content (AvgIpc) is 2.65. The number of carbonyl (C=O) groups excluding carboxylic acids is 2. The molecule has 1 aromatic heterocycles. The standard InChI is InChI=1S/C20H21N3O3/c1-4-23(3)20(26)17(24)11-9-14-6-5-7-15(12-14)18-13(2)8-10-16(22-18)19(21)25/h5-8,10,12,17,24H,4H2,1-3H3,(H2,21,25). The van der Waals surface area contributed by atoms with E-state index in [1.54, 1.807) is 37.4 Å². The maximum absolute atomic E-state index is 11.8. The number of aliphatic hydroxyl groups is 1. The number of benzene rings is 1. The minimum absolute atomic E-state index is 0.186. The van der Waals surface area contributed by atoms with Gasteiger partial charge in [-0.05, 0) is 37.6 Å². The van der Waals surface area contributed by atoms with Crippen LogP contribution in [0.2, 0.25) is 0 Å². The first-order valence-electron chi connectivity index (χ1n) is 8.16. The Morgan fingerprint density at radius 1 is 1.31 bits per heavy atom. The lowest BCUT2D eigenvalue weighted by Gasteiger charge is -2.15. The fourth-order valence-electron chi connectivity index (χ4n) is 2.28. The van der Waals surface area contributed by atoms with Crippen LogP contribution in [0, 0.1) is 18.8 Å². The molecule has 6 nitrogen and oxygen atoms in total. The molecule has 0 aliphatic carbocycles. The summed E-state index contributed by atoms with van der Waals surface area (Å²) in [6.45, 7) is 4.19. The monoisotopic (exact) mass is 351 g/mol. The topological polar surface area (TPSA) is 96.5 Å². The SMILES string of the molecule is CCN(C)C(=O)C(O)C#Cc1cccc(-c2nc(C(N)=O)ccc2C)c1. The minimum atomic E-state index is -1.37. The number of carbonyl (C=O) groups is 2. The lowest BCUT2D eigenvalue weighted by Crippen LogP contribution is -2.35. The van der Waals surface area contributed by atoms with Crippen molar-refractivity contribution in [1.82, 2.24) is 9.88 Å². The number of aromatic nitrogens is 1. The van der Waals surface area contributed by atoms with Crippen LogP contribution < -0.4 is 5.73 Å². The third-order valence-electron chi connectivity index (χ3n) is 3.92. The molecule has 0 saturated carbocycles. The number of aliphatic hydroxyl groups excluding tert-OH is 1. The van der Waals surface area contributed by atoms with Gasteiger partial charge in [0.1, 0.15) is 5.69 Å². The number of aryl methyl sites for hydroxylation is 1. The van der Waals surface area contributed by atoms with Crippen LogP contribution in [0.1, 0.15) is 28.5 Å². The predicted octanol–water partition coefficient (Wildman–Crippen LogP) is 1.35. The van der Waals surface area contributed by atoms with Crippen molar-refractivity contribution in [3.05, 3.63) is 53.2 Å². The summed E-state index contributed by atoms with van der Waals surface area (Å²) in [6, 6.07) is 10.6. The summed E-state index contributed by atoms with van der Waals surface area (Å²) in [4.78, 5) is 28.9. The Bertz CT molecular complexity index is 897. The van der Waals surface area contributed by atoms with Gasteiger partial charge in [-0.1, -0.05) is 30.0 Å². The van der Waals surface area contributed by atoms with Crippen molar-refractivity contribution in [3.8, 4) is 23.1 Å². The molecule has 2 rings (SSSR count). The minimum Gasteiger partial charge on any atom is -0.372 e. The molecule has 0 bridgehead atoms. The second-order valence-electron chi connectivity index (χ2n) is 5.83. The van der Waals surface area contributed by atoms with Crippen LogP contribution >= 0.6 is 0 Å². The van der Waals surface area contributed by atoms with Gasteiger partial charge in [-0.3, -0.25) is 9.59 Å². The van der Waals surface area contributed by atoms with E-state index in [0.717, 1.165) is 11.1 Å². The van der Waals surface area contributed by atoms with Crippen molar-refractivity contribution in [1.29, 1.82) is 0 Å². The van der Waals surface area contributed by atoms with Crippen molar-refractivity contribution in [2.75, 3.05) is 13.6 Å². The fraction of sp³-hybridized carbons (Fsp3) is 0.250. The molecule has 3 N–H and O–H groups in total. The molecule has 0 aliphatic heterocycles. The van der Waals surface area contributed by atoms with Gasteiger partial charge in [0.15, 0.2) is 6.10 Å². The van der Waals surface area contributed by atoms with Crippen LogP contribution in [-0.4, -0.2) is 46.5 Å². The van der Waals surface area contributed by atoms with E-state index in [1.165, 1.54) is 4.90 Å². The van der Waals surface area contributed by atoms with Crippen LogP contribution in [0.15, 0.2) is 36.4 Å². The smallest absolute Gasteiger partial charge is 0.267 e. The summed E-state index contributed by atoms with van der Waals surface area (Å²) in [5.74, 6) is 4.33. The van der Waals surface area contributed by atoms with Gasteiger partial charge in [-0.2, -0.15) is 0 Å². The summed E-state index contributed by atoms with van der Waals surface area (Å²) < 4.78 is 0. The van der Waals surface area contributed by atoms with E-state index in [-0.39, 0.29) is 5.69 Å². The van der Waals surface area contributed by atoms with Crippen molar-refractivity contribution in [3.63, 3.8) is 0 Å². The Hall–Kier alpha value is -3.17. The van der Waals surface area contributed by atoms with Gasteiger partial charge in [-0.25, -0.2) is 4.98 Å². The summed E-state index contributed by atoms with van der Waals surface area (Å²) in [5.41, 5.74) is 8.40. The zero-order valence-corrected chi connectivity index (χ0v) is 15.0. The maximum Gasteiger partial charge on any atom is 0.267 e. The molecule has 134 valence electrons. The summed E-state index contributed by atoms with van der Waals surface area (Å²) in [5, 5.41) is 9.88. The van der Waals surface area contributed by atoms with E-state index in [1.807, 2.05) is 19.9 Å². The molecule has 1 aromatic carbocycles. The molecule has 2 aromatic rings. The zero-order chi connectivity index (χ0) is 19.3. The summed E-state index contributed by atoms with van der Waals surface area (Å²) >= 11 is 0. The lowest BCUT2D eigenvalue weighted by molar-refractivity contribution is -0.135. The normalized spacial score (nSPS) is 11.2. The Morgan fingerprint density at radius 3 is 2.69 bits per heavy atom. The molecule has 1 heterocycles. The van der Waals surface area contributed by atoms with Crippen LogP contribution in [0.5, 0.6) is 0 Å². The number of hydrogen-bond acceptors (Lipinski definition) is 4. The molecule has 0 spiro atoms. The van der Waals surface area contributed by atoms with Crippen LogP contribution in [0.25, 0.3) is 11.3 Å². The molecular formula is C20H21N3O3. The molecule has 26 heavy (non-hydrogen) atoms.